The van der Waals surface area contributed by atoms with Crippen molar-refractivity contribution in [1.29, 1.82) is 0 Å². The van der Waals surface area contributed by atoms with E-state index in [4.69, 9.17) is 4.74 Å². The number of carbonyl (C=O) groups is 1. The highest BCUT2D eigenvalue weighted by atomic mass is 19.1. The third kappa shape index (κ3) is 6.03. The van der Waals surface area contributed by atoms with Crippen LogP contribution in [0.4, 0.5) is 14.9 Å². The number of rotatable bonds is 7. The standard InChI is InChI=1S/C16H25FN4O2/c1-23-13-7-19-16(22)18-6-8-20-9-11-21(12-10-20)15-4-2-14(17)3-5-15/h2-5H,6-13H2,1H3,(H2,18,19,22). The molecule has 0 bridgehead atoms. The molecule has 0 unspecified atom stereocenters. The van der Waals surface area contributed by atoms with Crippen molar-refractivity contribution in [2.45, 2.75) is 0 Å². The predicted molar refractivity (Wildman–Crippen MR) is 88.3 cm³/mol. The zero-order chi connectivity index (χ0) is 16.5. The number of hydrogen-bond acceptors (Lipinski definition) is 4. The molecule has 6 nitrogen and oxygen atoms in total. The second-order valence-electron chi connectivity index (χ2n) is 5.48. The molecule has 1 saturated heterocycles. The van der Waals surface area contributed by atoms with Gasteiger partial charge in [0, 0.05) is 58.6 Å². The molecule has 1 aliphatic rings. The first-order chi connectivity index (χ1) is 11.2. The van der Waals surface area contributed by atoms with E-state index < -0.39 is 0 Å². The number of methoxy groups -OCH3 is 1. The molecule has 7 heteroatoms. The average molecular weight is 324 g/mol. The number of piperazine rings is 1. The molecule has 128 valence electrons. The van der Waals surface area contributed by atoms with E-state index in [-0.39, 0.29) is 11.8 Å². The van der Waals surface area contributed by atoms with Crippen LogP contribution in [0.25, 0.3) is 0 Å². The highest BCUT2D eigenvalue weighted by molar-refractivity contribution is 5.73. The molecule has 2 rings (SSSR count). The molecule has 1 aromatic carbocycles. The average Bonchev–Trinajstić information content (AvgIpc) is 2.57. The summed E-state index contributed by atoms with van der Waals surface area (Å²) in [6.45, 7) is 6.16. The Morgan fingerprint density at radius 3 is 2.43 bits per heavy atom. The van der Waals surface area contributed by atoms with Gasteiger partial charge in [0.15, 0.2) is 0 Å². The molecule has 0 radical (unpaired) electrons. The highest BCUT2D eigenvalue weighted by Crippen LogP contribution is 2.16. The molecule has 23 heavy (non-hydrogen) atoms. The number of carbonyl (C=O) groups excluding carboxylic acids is 1. The number of urea groups is 1. The van der Waals surface area contributed by atoms with Gasteiger partial charge in [-0.2, -0.15) is 0 Å². The van der Waals surface area contributed by atoms with Crippen molar-refractivity contribution in [2.24, 2.45) is 0 Å². The van der Waals surface area contributed by atoms with Crippen LogP contribution in [0.15, 0.2) is 24.3 Å². The zero-order valence-corrected chi connectivity index (χ0v) is 13.6. The van der Waals surface area contributed by atoms with Crippen molar-refractivity contribution in [1.82, 2.24) is 15.5 Å². The smallest absolute Gasteiger partial charge is 0.314 e. The summed E-state index contributed by atoms with van der Waals surface area (Å²) in [6, 6.07) is 6.46. The van der Waals surface area contributed by atoms with Crippen molar-refractivity contribution in [3.8, 4) is 0 Å². The van der Waals surface area contributed by atoms with Gasteiger partial charge in [-0.05, 0) is 24.3 Å². The molecule has 1 heterocycles. The summed E-state index contributed by atoms with van der Waals surface area (Å²) in [4.78, 5) is 16.1. The van der Waals surface area contributed by atoms with Crippen molar-refractivity contribution < 1.29 is 13.9 Å². The number of benzene rings is 1. The molecule has 2 N–H and O–H groups in total. The monoisotopic (exact) mass is 324 g/mol. The maximum atomic E-state index is 12.9. The van der Waals surface area contributed by atoms with Crippen LogP contribution in [0.2, 0.25) is 0 Å². The van der Waals surface area contributed by atoms with E-state index in [2.05, 4.69) is 20.4 Å². The summed E-state index contributed by atoms with van der Waals surface area (Å²) < 4.78 is 17.8. The Kier molecular flexibility index (Phi) is 7.09. The lowest BCUT2D eigenvalue weighted by atomic mass is 10.2. The van der Waals surface area contributed by atoms with E-state index in [1.54, 1.807) is 7.11 Å². The number of nitrogens with zero attached hydrogens (tertiary/aromatic N) is 2. The van der Waals surface area contributed by atoms with Gasteiger partial charge in [0.2, 0.25) is 0 Å². The van der Waals surface area contributed by atoms with E-state index in [1.165, 1.54) is 12.1 Å². The maximum Gasteiger partial charge on any atom is 0.314 e. The van der Waals surface area contributed by atoms with Gasteiger partial charge in [0.25, 0.3) is 0 Å². The topological polar surface area (TPSA) is 56.8 Å². The number of ether oxygens (including phenoxy) is 1. The van der Waals surface area contributed by atoms with Crippen LogP contribution in [-0.2, 0) is 4.74 Å². The zero-order valence-electron chi connectivity index (χ0n) is 13.6. The summed E-state index contributed by atoms with van der Waals surface area (Å²) in [5, 5.41) is 5.56. The molecule has 1 aromatic rings. The van der Waals surface area contributed by atoms with Gasteiger partial charge >= 0.3 is 6.03 Å². The first-order valence-corrected chi connectivity index (χ1v) is 7.92. The predicted octanol–water partition coefficient (Wildman–Crippen LogP) is 0.893. The second-order valence-corrected chi connectivity index (χ2v) is 5.48. The molecule has 1 fully saturated rings. The Bertz CT molecular complexity index is 475. The van der Waals surface area contributed by atoms with Gasteiger partial charge in [0.1, 0.15) is 5.82 Å². The molecular formula is C16H25FN4O2. The summed E-state index contributed by atoms with van der Waals surface area (Å²) in [7, 11) is 1.60. The quantitative estimate of drug-likeness (QED) is 0.732. The Labute approximate surface area is 136 Å². The van der Waals surface area contributed by atoms with Crippen LogP contribution in [0.1, 0.15) is 0 Å². The minimum Gasteiger partial charge on any atom is -0.383 e. The van der Waals surface area contributed by atoms with Gasteiger partial charge in [-0.3, -0.25) is 4.90 Å². The number of nitrogens with one attached hydrogen (secondary N) is 2. The van der Waals surface area contributed by atoms with Gasteiger partial charge in [-0.1, -0.05) is 0 Å². The van der Waals surface area contributed by atoms with E-state index >= 15 is 0 Å². The van der Waals surface area contributed by atoms with Gasteiger partial charge in [-0.25, -0.2) is 9.18 Å². The molecule has 2 amide bonds. The minimum atomic E-state index is -0.206. The van der Waals surface area contributed by atoms with Crippen LogP contribution in [0.3, 0.4) is 0 Å². The van der Waals surface area contributed by atoms with Crippen LogP contribution in [-0.4, -0.2) is 70.5 Å². The Morgan fingerprint density at radius 2 is 1.78 bits per heavy atom. The van der Waals surface area contributed by atoms with Gasteiger partial charge in [0.05, 0.1) is 6.61 Å². The van der Waals surface area contributed by atoms with Crippen molar-refractivity contribution in [3.63, 3.8) is 0 Å². The molecular weight excluding hydrogens is 299 g/mol. The fraction of sp³-hybridized carbons (Fsp3) is 0.562. The van der Waals surface area contributed by atoms with Crippen molar-refractivity contribution in [2.75, 3.05) is 64.4 Å². The van der Waals surface area contributed by atoms with Crippen LogP contribution in [0.5, 0.6) is 0 Å². The molecule has 0 atom stereocenters. The normalized spacial score (nSPS) is 15.5. The van der Waals surface area contributed by atoms with Crippen LogP contribution >= 0.6 is 0 Å². The second kappa shape index (κ2) is 9.32. The van der Waals surface area contributed by atoms with E-state index in [0.29, 0.717) is 19.7 Å². The lowest BCUT2D eigenvalue weighted by Gasteiger charge is -2.36. The molecule has 0 aliphatic carbocycles. The van der Waals surface area contributed by atoms with E-state index in [9.17, 15) is 9.18 Å². The van der Waals surface area contributed by atoms with Crippen molar-refractivity contribution >= 4 is 11.7 Å². The SMILES string of the molecule is COCCNC(=O)NCCN1CCN(c2ccc(F)cc2)CC1. The van der Waals surface area contributed by atoms with Crippen LogP contribution < -0.4 is 15.5 Å². The number of hydrogen-bond donors (Lipinski definition) is 2. The lowest BCUT2D eigenvalue weighted by molar-refractivity contribution is 0.195. The van der Waals surface area contributed by atoms with Gasteiger partial charge in [-0.15, -0.1) is 0 Å². The highest BCUT2D eigenvalue weighted by Gasteiger charge is 2.16. The van der Waals surface area contributed by atoms with Crippen molar-refractivity contribution in [3.05, 3.63) is 30.1 Å². The lowest BCUT2D eigenvalue weighted by Crippen LogP contribution is -2.49. The fourth-order valence-corrected chi connectivity index (χ4v) is 2.54. The summed E-state index contributed by atoms with van der Waals surface area (Å²) in [6.07, 6.45) is 0. The minimum absolute atomic E-state index is 0.160. The van der Waals surface area contributed by atoms with Crippen LogP contribution in [0, 0.1) is 5.82 Å². The third-order valence-electron chi connectivity index (χ3n) is 3.87. The summed E-state index contributed by atoms with van der Waals surface area (Å²) in [5.74, 6) is -0.206. The Balaban J connectivity index is 1.61. The molecule has 1 aliphatic heterocycles. The first-order valence-electron chi connectivity index (χ1n) is 7.92. The molecule has 0 spiro atoms. The Morgan fingerprint density at radius 1 is 1.13 bits per heavy atom. The number of anilines is 1. The first kappa shape index (κ1) is 17.5. The molecule has 0 aromatic heterocycles. The largest absolute Gasteiger partial charge is 0.383 e. The number of halogens is 1. The van der Waals surface area contributed by atoms with E-state index in [1.807, 2.05) is 12.1 Å². The Hall–Kier alpha value is -1.86. The third-order valence-corrected chi connectivity index (χ3v) is 3.87. The van der Waals surface area contributed by atoms with E-state index in [0.717, 1.165) is 38.4 Å². The number of amides is 2. The van der Waals surface area contributed by atoms with Gasteiger partial charge < -0.3 is 20.3 Å². The summed E-state index contributed by atoms with van der Waals surface area (Å²) >= 11 is 0. The molecule has 0 saturated carbocycles. The maximum absolute atomic E-state index is 12.9. The summed E-state index contributed by atoms with van der Waals surface area (Å²) in [5.41, 5.74) is 1.06. The fourth-order valence-electron chi connectivity index (χ4n) is 2.54.